The normalized spacial score (nSPS) is 16.9. The van der Waals surface area contributed by atoms with E-state index >= 15 is 0 Å². The van der Waals surface area contributed by atoms with Crippen molar-refractivity contribution in [2.45, 2.75) is 32.2 Å². The summed E-state index contributed by atoms with van der Waals surface area (Å²) in [6.45, 7) is 2.46. The summed E-state index contributed by atoms with van der Waals surface area (Å²) in [5.74, 6) is 0.299. The standard InChI is InChI=1S/C26H32N2O7/c1-19(35-21-9-5-4-6-10-21)26(31)28-16-23(34-18-20-8-7-11-22(14-20)32-2)15-27(24(29)17-28)13-12-25(30)33-3/h4-11,14,19,23H,12-13,15-18H2,1-3H3/t19-,23+/m1/s1. The molecule has 2 aromatic carbocycles. The summed E-state index contributed by atoms with van der Waals surface area (Å²) >= 11 is 0. The van der Waals surface area contributed by atoms with E-state index in [2.05, 4.69) is 0 Å². The third kappa shape index (κ3) is 7.71. The minimum Gasteiger partial charge on any atom is -0.497 e. The molecule has 0 bridgehead atoms. The number of carbonyl (C=O) groups excluding carboxylic acids is 3. The smallest absolute Gasteiger partial charge is 0.307 e. The second-order valence-corrected chi connectivity index (χ2v) is 8.24. The van der Waals surface area contributed by atoms with Crippen molar-refractivity contribution in [3.63, 3.8) is 0 Å². The minimum absolute atomic E-state index is 0.0618. The van der Waals surface area contributed by atoms with Crippen LogP contribution in [0.1, 0.15) is 18.9 Å². The second-order valence-electron chi connectivity index (χ2n) is 8.24. The molecule has 0 spiro atoms. The van der Waals surface area contributed by atoms with Crippen molar-refractivity contribution in [1.82, 2.24) is 9.80 Å². The number of esters is 1. The van der Waals surface area contributed by atoms with Gasteiger partial charge in [-0.3, -0.25) is 14.4 Å². The second kappa shape index (κ2) is 12.8. The van der Waals surface area contributed by atoms with Crippen molar-refractivity contribution in [3.8, 4) is 11.5 Å². The lowest BCUT2D eigenvalue weighted by Crippen LogP contribution is -2.45. The van der Waals surface area contributed by atoms with Gasteiger partial charge in [-0.15, -0.1) is 0 Å². The number of benzene rings is 2. The van der Waals surface area contributed by atoms with E-state index < -0.39 is 18.2 Å². The molecule has 1 aliphatic heterocycles. The fourth-order valence-corrected chi connectivity index (χ4v) is 3.78. The van der Waals surface area contributed by atoms with Gasteiger partial charge >= 0.3 is 5.97 Å². The van der Waals surface area contributed by atoms with Crippen molar-refractivity contribution in [2.75, 3.05) is 40.4 Å². The number of hydrogen-bond acceptors (Lipinski definition) is 7. The van der Waals surface area contributed by atoms with Crippen LogP contribution in [-0.2, 0) is 30.5 Å². The Bertz CT molecular complexity index is 998. The summed E-state index contributed by atoms with van der Waals surface area (Å²) in [5, 5.41) is 0. The summed E-state index contributed by atoms with van der Waals surface area (Å²) in [7, 11) is 2.90. The molecule has 0 aromatic heterocycles. The molecule has 0 aliphatic carbocycles. The van der Waals surface area contributed by atoms with Gasteiger partial charge in [0.15, 0.2) is 6.10 Å². The van der Waals surface area contributed by atoms with Gasteiger partial charge in [0.2, 0.25) is 5.91 Å². The van der Waals surface area contributed by atoms with Crippen LogP contribution < -0.4 is 9.47 Å². The number of carbonyl (C=O) groups is 3. The molecule has 0 N–H and O–H groups in total. The first-order chi connectivity index (χ1) is 16.9. The highest BCUT2D eigenvalue weighted by Gasteiger charge is 2.33. The van der Waals surface area contributed by atoms with Gasteiger partial charge in [0.25, 0.3) is 5.91 Å². The summed E-state index contributed by atoms with van der Waals surface area (Å²) < 4.78 is 21.9. The van der Waals surface area contributed by atoms with Crippen molar-refractivity contribution in [3.05, 3.63) is 60.2 Å². The lowest BCUT2D eigenvalue weighted by atomic mass is 10.2. The molecule has 3 rings (SSSR count). The molecule has 1 aliphatic rings. The molecule has 0 radical (unpaired) electrons. The fourth-order valence-electron chi connectivity index (χ4n) is 3.78. The van der Waals surface area contributed by atoms with Gasteiger partial charge in [-0.05, 0) is 36.8 Å². The SMILES string of the molecule is COC(=O)CCN1C[C@H](OCc2cccc(OC)c2)CN(C(=O)[C@@H](C)Oc2ccccc2)CC1=O. The van der Waals surface area contributed by atoms with Crippen LogP contribution in [0, 0.1) is 0 Å². The molecule has 2 aromatic rings. The van der Waals surface area contributed by atoms with Crippen molar-refractivity contribution in [1.29, 1.82) is 0 Å². The first-order valence-electron chi connectivity index (χ1n) is 11.5. The van der Waals surface area contributed by atoms with Crippen LogP contribution in [-0.4, -0.2) is 80.2 Å². The first kappa shape index (κ1) is 26.0. The number of amides is 2. The van der Waals surface area contributed by atoms with E-state index in [1.807, 2.05) is 42.5 Å². The zero-order valence-corrected chi connectivity index (χ0v) is 20.3. The third-order valence-corrected chi connectivity index (χ3v) is 5.68. The maximum atomic E-state index is 13.2. The van der Waals surface area contributed by atoms with Crippen molar-refractivity contribution in [2.24, 2.45) is 0 Å². The van der Waals surface area contributed by atoms with Gasteiger partial charge in [0.05, 0.1) is 39.9 Å². The number of hydrogen-bond donors (Lipinski definition) is 0. The van der Waals surface area contributed by atoms with Crippen LogP contribution in [0.2, 0.25) is 0 Å². The van der Waals surface area contributed by atoms with Gasteiger partial charge in [-0.25, -0.2) is 0 Å². The molecular weight excluding hydrogens is 452 g/mol. The Hall–Kier alpha value is -3.59. The van der Waals surface area contributed by atoms with Gasteiger partial charge in [-0.2, -0.15) is 0 Å². The van der Waals surface area contributed by atoms with Crippen LogP contribution in [0.15, 0.2) is 54.6 Å². The Morgan fingerprint density at radius 3 is 2.49 bits per heavy atom. The minimum atomic E-state index is -0.786. The van der Waals surface area contributed by atoms with E-state index in [4.69, 9.17) is 18.9 Å². The van der Waals surface area contributed by atoms with Gasteiger partial charge in [0.1, 0.15) is 11.5 Å². The van der Waals surface area contributed by atoms with Crippen LogP contribution in [0.5, 0.6) is 11.5 Å². The predicted molar refractivity (Wildman–Crippen MR) is 128 cm³/mol. The van der Waals surface area contributed by atoms with Crippen LogP contribution in [0.3, 0.4) is 0 Å². The first-order valence-corrected chi connectivity index (χ1v) is 11.5. The summed E-state index contributed by atoms with van der Waals surface area (Å²) in [6, 6.07) is 16.5. The molecule has 0 unspecified atom stereocenters. The monoisotopic (exact) mass is 484 g/mol. The van der Waals surface area contributed by atoms with E-state index in [1.54, 1.807) is 31.1 Å². The van der Waals surface area contributed by atoms with E-state index in [1.165, 1.54) is 12.0 Å². The summed E-state index contributed by atoms with van der Waals surface area (Å²) in [6.07, 6.45) is -1.18. The highest BCUT2D eigenvalue weighted by molar-refractivity contribution is 5.87. The average Bonchev–Trinajstić information content (AvgIpc) is 3.04. The van der Waals surface area contributed by atoms with Crippen LogP contribution >= 0.6 is 0 Å². The number of rotatable bonds is 10. The van der Waals surface area contributed by atoms with Crippen LogP contribution in [0.25, 0.3) is 0 Å². The van der Waals surface area contributed by atoms with Gasteiger partial charge < -0.3 is 28.7 Å². The van der Waals surface area contributed by atoms with Gasteiger partial charge in [-0.1, -0.05) is 30.3 Å². The Labute approximate surface area is 205 Å². The topological polar surface area (TPSA) is 94.6 Å². The zero-order valence-electron chi connectivity index (χ0n) is 20.3. The van der Waals surface area contributed by atoms with Crippen molar-refractivity contribution >= 4 is 17.8 Å². The fraction of sp³-hybridized carbons (Fsp3) is 0.423. The highest BCUT2D eigenvalue weighted by Crippen LogP contribution is 2.18. The maximum absolute atomic E-state index is 13.2. The van der Waals surface area contributed by atoms with Crippen LogP contribution in [0.4, 0.5) is 0 Å². The molecule has 1 saturated heterocycles. The number of para-hydroxylation sites is 1. The van der Waals surface area contributed by atoms with Gasteiger partial charge in [0, 0.05) is 19.6 Å². The lowest BCUT2D eigenvalue weighted by Gasteiger charge is -2.26. The molecule has 9 nitrogen and oxygen atoms in total. The average molecular weight is 485 g/mol. The number of nitrogens with zero attached hydrogens (tertiary/aromatic N) is 2. The zero-order chi connectivity index (χ0) is 25.2. The molecule has 2 atom stereocenters. The van der Waals surface area contributed by atoms with E-state index in [-0.39, 0.29) is 51.0 Å². The summed E-state index contributed by atoms with van der Waals surface area (Å²) in [5.41, 5.74) is 0.902. The largest absolute Gasteiger partial charge is 0.497 e. The molecular formula is C26H32N2O7. The lowest BCUT2D eigenvalue weighted by molar-refractivity contribution is -0.144. The molecule has 1 heterocycles. The Morgan fingerprint density at radius 2 is 1.77 bits per heavy atom. The quantitative estimate of drug-likeness (QED) is 0.478. The molecule has 9 heteroatoms. The molecule has 188 valence electrons. The Morgan fingerprint density at radius 1 is 1.03 bits per heavy atom. The Kier molecular flexibility index (Phi) is 9.48. The van der Waals surface area contributed by atoms with E-state index in [0.717, 1.165) is 5.56 Å². The number of ether oxygens (including phenoxy) is 4. The van der Waals surface area contributed by atoms with E-state index in [0.29, 0.717) is 11.5 Å². The van der Waals surface area contributed by atoms with E-state index in [9.17, 15) is 14.4 Å². The third-order valence-electron chi connectivity index (χ3n) is 5.68. The highest BCUT2D eigenvalue weighted by atomic mass is 16.5. The molecule has 2 amide bonds. The molecule has 1 fully saturated rings. The maximum Gasteiger partial charge on any atom is 0.307 e. The van der Waals surface area contributed by atoms with Crippen molar-refractivity contribution < 1.29 is 33.3 Å². The molecule has 0 saturated carbocycles. The summed E-state index contributed by atoms with van der Waals surface area (Å²) in [4.78, 5) is 40.8. The molecule has 35 heavy (non-hydrogen) atoms. The predicted octanol–water partition coefficient (Wildman–Crippen LogP) is 2.28. The number of methoxy groups -OCH3 is 2. The Balaban J connectivity index is 1.72.